The van der Waals surface area contributed by atoms with E-state index in [0.717, 1.165) is 12.7 Å². The number of benzene rings is 2. The zero-order valence-corrected chi connectivity index (χ0v) is 21.1. The summed E-state index contributed by atoms with van der Waals surface area (Å²) < 4.78 is 13.9. The fourth-order valence-electron chi connectivity index (χ4n) is 3.06. The molecule has 0 fully saturated rings. The van der Waals surface area contributed by atoms with E-state index in [1.54, 1.807) is 4.57 Å². The maximum Gasteiger partial charge on any atom is 0.260 e. The molecular weight excluding hydrogens is 652 g/mol. The number of nitrogens with zero attached hydrogens (tertiary/aromatic N) is 5. The summed E-state index contributed by atoms with van der Waals surface area (Å²) in [7, 11) is 0. The zero-order chi connectivity index (χ0) is 23.4. The van der Waals surface area contributed by atoms with Crippen molar-refractivity contribution in [3.63, 3.8) is 0 Å². The van der Waals surface area contributed by atoms with Gasteiger partial charge in [0, 0.05) is 9.13 Å². The van der Waals surface area contributed by atoms with E-state index in [1.807, 2.05) is 36.4 Å². The van der Waals surface area contributed by atoms with Gasteiger partial charge in [0.15, 0.2) is 17.3 Å². The average molecular weight is 667 g/mol. The van der Waals surface area contributed by atoms with E-state index < -0.39 is 0 Å². The number of fused-ring (bicyclic) bond motifs is 1. The third-order valence-electron chi connectivity index (χ3n) is 4.41. The fraction of sp³-hybridized carbons (Fsp3) is 0.0952. The van der Waals surface area contributed by atoms with E-state index in [0.29, 0.717) is 22.7 Å². The first kappa shape index (κ1) is 23.0. The van der Waals surface area contributed by atoms with Gasteiger partial charge in [-0.1, -0.05) is 18.1 Å². The highest BCUT2D eigenvalue weighted by Gasteiger charge is 2.20. The molecule has 4 aromatic rings. The molecule has 4 rings (SSSR count). The molecule has 2 heterocycles. The number of aromatic nitrogens is 4. The Balaban J connectivity index is 1.57. The number of nitrogens with one attached hydrogen (secondary N) is 1. The van der Waals surface area contributed by atoms with Gasteiger partial charge < -0.3 is 15.0 Å². The van der Waals surface area contributed by atoms with Gasteiger partial charge in [-0.15, -0.1) is 6.42 Å². The van der Waals surface area contributed by atoms with Gasteiger partial charge >= 0.3 is 0 Å². The van der Waals surface area contributed by atoms with E-state index in [1.165, 1.54) is 6.21 Å². The molecule has 0 aliphatic carbocycles. The van der Waals surface area contributed by atoms with Crippen LogP contribution >= 0.6 is 45.2 Å². The minimum atomic E-state index is -0.378. The van der Waals surface area contributed by atoms with Crippen LogP contribution in [0, 0.1) is 19.5 Å². The van der Waals surface area contributed by atoms with Crippen LogP contribution in [0.25, 0.3) is 22.6 Å². The SMILES string of the molecule is C#CCOc1c(I)cc(I)cc1/C=N/NC(=O)Cn1c(-c2nonc2N)nc2ccccc21. The van der Waals surface area contributed by atoms with Crippen molar-refractivity contribution in [3.05, 3.63) is 49.1 Å². The zero-order valence-electron chi connectivity index (χ0n) is 16.8. The van der Waals surface area contributed by atoms with Crippen molar-refractivity contribution in [1.29, 1.82) is 0 Å². The molecule has 1 amide bonds. The van der Waals surface area contributed by atoms with E-state index in [2.05, 4.69) is 76.9 Å². The molecule has 33 heavy (non-hydrogen) atoms. The van der Waals surface area contributed by atoms with E-state index in [4.69, 9.17) is 21.5 Å². The van der Waals surface area contributed by atoms with Crippen LogP contribution in [0.1, 0.15) is 5.56 Å². The van der Waals surface area contributed by atoms with E-state index in [-0.39, 0.29) is 30.6 Å². The lowest BCUT2D eigenvalue weighted by Crippen LogP contribution is -2.23. The number of para-hydroxylation sites is 2. The Bertz CT molecular complexity index is 1400. The topological polar surface area (TPSA) is 133 Å². The summed E-state index contributed by atoms with van der Waals surface area (Å²) in [6.45, 7) is 0.0457. The number of nitrogens with two attached hydrogens (primary N) is 1. The Morgan fingerprint density at radius 1 is 1.33 bits per heavy atom. The molecule has 0 saturated carbocycles. The number of imidazole rings is 1. The lowest BCUT2D eigenvalue weighted by atomic mass is 10.2. The minimum absolute atomic E-state index is 0.0796. The maximum absolute atomic E-state index is 12.7. The normalized spacial score (nSPS) is 11.1. The number of rotatable bonds is 7. The summed E-state index contributed by atoms with van der Waals surface area (Å²) in [5.41, 5.74) is 10.7. The highest BCUT2D eigenvalue weighted by molar-refractivity contribution is 14.1. The lowest BCUT2D eigenvalue weighted by Gasteiger charge is -2.10. The van der Waals surface area contributed by atoms with Crippen molar-refractivity contribution < 1.29 is 14.2 Å². The Hall–Kier alpha value is -3.19. The van der Waals surface area contributed by atoms with Crippen LogP contribution < -0.4 is 15.9 Å². The summed E-state index contributed by atoms with van der Waals surface area (Å²) in [5, 5.41) is 11.5. The van der Waals surface area contributed by atoms with E-state index in [9.17, 15) is 4.79 Å². The first-order valence-electron chi connectivity index (χ1n) is 9.38. The van der Waals surface area contributed by atoms with Crippen LogP contribution in [0.5, 0.6) is 5.75 Å². The average Bonchev–Trinajstić information content (AvgIpc) is 3.36. The number of amides is 1. The Kier molecular flexibility index (Phi) is 7.08. The van der Waals surface area contributed by atoms with Crippen molar-refractivity contribution in [3.8, 4) is 29.6 Å². The predicted octanol–water partition coefficient (Wildman–Crippen LogP) is 3.04. The molecule has 166 valence electrons. The smallest absolute Gasteiger partial charge is 0.260 e. The number of hydrogen-bond donors (Lipinski definition) is 2. The third-order valence-corrected chi connectivity index (χ3v) is 5.84. The summed E-state index contributed by atoms with van der Waals surface area (Å²) >= 11 is 4.36. The molecule has 12 heteroatoms. The number of halogens is 2. The van der Waals surface area contributed by atoms with Gasteiger partial charge in [-0.2, -0.15) is 5.10 Å². The number of terminal acetylenes is 1. The number of nitrogen functional groups attached to an aromatic ring is 1. The van der Waals surface area contributed by atoms with Crippen molar-refractivity contribution in [2.75, 3.05) is 12.3 Å². The summed E-state index contributed by atoms with van der Waals surface area (Å²) in [6, 6.07) is 11.2. The van der Waals surface area contributed by atoms with Crippen LogP contribution in [0.4, 0.5) is 5.82 Å². The molecule has 2 aromatic heterocycles. The van der Waals surface area contributed by atoms with Crippen LogP contribution in [-0.2, 0) is 11.3 Å². The molecular formula is C21H15I2N7O3. The fourth-order valence-corrected chi connectivity index (χ4v) is 5.11. The Labute approximate surface area is 215 Å². The van der Waals surface area contributed by atoms with Gasteiger partial charge in [-0.25, -0.2) is 15.0 Å². The largest absolute Gasteiger partial charge is 0.479 e. The van der Waals surface area contributed by atoms with E-state index >= 15 is 0 Å². The lowest BCUT2D eigenvalue weighted by molar-refractivity contribution is -0.121. The number of hydrazone groups is 1. The van der Waals surface area contributed by atoms with Crippen LogP contribution in [-0.4, -0.2) is 38.6 Å². The molecule has 0 bridgehead atoms. The molecule has 0 spiro atoms. The van der Waals surface area contributed by atoms with Crippen molar-refractivity contribution in [1.82, 2.24) is 25.3 Å². The monoisotopic (exact) mass is 667 g/mol. The predicted molar refractivity (Wildman–Crippen MR) is 139 cm³/mol. The minimum Gasteiger partial charge on any atom is -0.479 e. The standard InChI is InChI=1S/C21H15I2N7O3/c1-2-7-32-19-12(8-13(22)9-14(19)23)10-25-27-17(31)11-30-16-6-4-3-5-15(16)26-21(30)18-20(24)29-33-28-18/h1,3-6,8-10H,7,11H2,(H2,24,29)(H,27,31)/b25-10+. The van der Waals surface area contributed by atoms with Crippen LogP contribution in [0.2, 0.25) is 0 Å². The molecule has 3 N–H and O–H groups in total. The molecule has 2 aromatic carbocycles. The van der Waals surface area contributed by atoms with Gasteiger partial charge in [0.05, 0.1) is 20.8 Å². The van der Waals surface area contributed by atoms with Gasteiger partial charge in [-0.05, 0) is 79.8 Å². The Morgan fingerprint density at radius 2 is 2.15 bits per heavy atom. The number of hydrogen-bond acceptors (Lipinski definition) is 8. The molecule has 0 aliphatic heterocycles. The molecule has 0 atom stereocenters. The van der Waals surface area contributed by atoms with Gasteiger partial charge in [0.2, 0.25) is 0 Å². The molecule has 10 nitrogen and oxygen atoms in total. The molecule has 0 saturated heterocycles. The second-order valence-corrected chi connectivity index (χ2v) is 9.01. The quantitative estimate of drug-likeness (QED) is 0.134. The number of carbonyl (C=O) groups excluding carboxylic acids is 1. The highest BCUT2D eigenvalue weighted by atomic mass is 127. The maximum atomic E-state index is 12.7. The third kappa shape index (κ3) is 5.09. The van der Waals surface area contributed by atoms with Gasteiger partial charge in [-0.3, -0.25) is 4.79 Å². The first-order chi connectivity index (χ1) is 16.0. The van der Waals surface area contributed by atoms with Crippen LogP contribution in [0.15, 0.2) is 46.1 Å². The number of ether oxygens (including phenoxy) is 1. The van der Waals surface area contributed by atoms with Crippen LogP contribution in [0.3, 0.4) is 0 Å². The Morgan fingerprint density at radius 3 is 2.91 bits per heavy atom. The second kappa shape index (κ2) is 10.2. The molecule has 0 unspecified atom stereocenters. The second-order valence-electron chi connectivity index (χ2n) is 6.60. The van der Waals surface area contributed by atoms with Gasteiger partial charge in [0.25, 0.3) is 5.91 Å². The molecule has 0 aliphatic rings. The number of carbonyl (C=O) groups is 1. The summed E-state index contributed by atoms with van der Waals surface area (Å²) in [5.74, 6) is 3.12. The van der Waals surface area contributed by atoms with Crippen molar-refractivity contribution in [2.24, 2.45) is 5.10 Å². The molecule has 0 radical (unpaired) electrons. The number of anilines is 1. The summed E-state index contributed by atoms with van der Waals surface area (Å²) in [6.07, 6.45) is 6.82. The first-order valence-corrected chi connectivity index (χ1v) is 11.5. The highest BCUT2D eigenvalue weighted by Crippen LogP contribution is 2.28. The van der Waals surface area contributed by atoms with Crippen molar-refractivity contribution in [2.45, 2.75) is 6.54 Å². The summed E-state index contributed by atoms with van der Waals surface area (Å²) in [4.78, 5) is 17.2. The van der Waals surface area contributed by atoms with Gasteiger partial charge in [0.1, 0.15) is 18.9 Å². The van der Waals surface area contributed by atoms with Crippen molar-refractivity contribution >= 4 is 74.2 Å².